The van der Waals surface area contributed by atoms with E-state index in [1.54, 1.807) is 31.6 Å². The lowest BCUT2D eigenvalue weighted by Crippen LogP contribution is -2.26. The van der Waals surface area contributed by atoms with E-state index in [4.69, 9.17) is 0 Å². The Morgan fingerprint density at radius 2 is 1.71 bits per heavy atom. The molecular formula is C24H18F3N3O. The van der Waals surface area contributed by atoms with Gasteiger partial charge in [-0.2, -0.15) is 13.2 Å². The maximum absolute atomic E-state index is 13.3. The lowest BCUT2D eigenvalue weighted by Gasteiger charge is -2.19. The van der Waals surface area contributed by atoms with E-state index in [1.807, 2.05) is 30.3 Å². The number of rotatable bonds is 4. The summed E-state index contributed by atoms with van der Waals surface area (Å²) in [6.45, 7) is 0.168. The molecule has 0 radical (unpaired) electrons. The third-order valence-electron chi connectivity index (χ3n) is 4.96. The van der Waals surface area contributed by atoms with E-state index in [0.717, 1.165) is 17.7 Å². The molecule has 4 nitrogen and oxygen atoms in total. The zero-order valence-electron chi connectivity index (χ0n) is 16.6. The summed E-state index contributed by atoms with van der Waals surface area (Å²) >= 11 is 0. The van der Waals surface area contributed by atoms with Crippen LogP contribution in [0.15, 0.2) is 79.1 Å². The van der Waals surface area contributed by atoms with Crippen LogP contribution in [0.2, 0.25) is 0 Å². The predicted octanol–water partition coefficient (Wildman–Crippen LogP) is 5.59. The van der Waals surface area contributed by atoms with Crippen molar-refractivity contribution in [2.45, 2.75) is 12.7 Å². The summed E-state index contributed by atoms with van der Waals surface area (Å²) < 4.78 is 38.3. The molecule has 0 spiro atoms. The van der Waals surface area contributed by atoms with Gasteiger partial charge in [0.05, 0.1) is 22.3 Å². The summed E-state index contributed by atoms with van der Waals surface area (Å²) in [7, 11) is 1.62. The van der Waals surface area contributed by atoms with Crippen molar-refractivity contribution in [2.24, 2.45) is 0 Å². The van der Waals surface area contributed by atoms with E-state index in [0.29, 0.717) is 27.7 Å². The van der Waals surface area contributed by atoms with Gasteiger partial charge in [-0.1, -0.05) is 42.5 Å². The second-order valence-electron chi connectivity index (χ2n) is 7.17. The molecule has 0 aliphatic carbocycles. The van der Waals surface area contributed by atoms with Gasteiger partial charge in [0.2, 0.25) is 0 Å². The first kappa shape index (κ1) is 20.5. The zero-order chi connectivity index (χ0) is 22.0. The SMILES string of the molecule is CN(Cc1ccc(C(F)(F)F)cc1)C(=O)c1cc(-c2ccccc2)nc2ccncc12. The van der Waals surface area contributed by atoms with Crippen LogP contribution in [0.3, 0.4) is 0 Å². The highest BCUT2D eigenvalue weighted by Crippen LogP contribution is 2.29. The highest BCUT2D eigenvalue weighted by molar-refractivity contribution is 6.06. The first-order valence-electron chi connectivity index (χ1n) is 9.55. The summed E-state index contributed by atoms with van der Waals surface area (Å²) in [6, 6.07) is 17.8. The van der Waals surface area contributed by atoms with E-state index in [9.17, 15) is 18.0 Å². The van der Waals surface area contributed by atoms with Gasteiger partial charge < -0.3 is 4.90 Å². The number of fused-ring (bicyclic) bond motifs is 1. The largest absolute Gasteiger partial charge is 0.416 e. The van der Waals surface area contributed by atoms with Crippen LogP contribution in [-0.4, -0.2) is 27.8 Å². The fraction of sp³-hybridized carbons (Fsp3) is 0.125. The quantitative estimate of drug-likeness (QED) is 0.432. The Kier molecular flexibility index (Phi) is 5.42. The molecule has 156 valence electrons. The second kappa shape index (κ2) is 8.18. The monoisotopic (exact) mass is 421 g/mol. The summed E-state index contributed by atoms with van der Waals surface area (Å²) in [5.74, 6) is -0.266. The van der Waals surface area contributed by atoms with Crippen LogP contribution in [-0.2, 0) is 12.7 Å². The fourth-order valence-corrected chi connectivity index (χ4v) is 3.35. The molecule has 2 aromatic carbocycles. The van der Waals surface area contributed by atoms with Crippen LogP contribution in [0.5, 0.6) is 0 Å². The van der Waals surface area contributed by atoms with Crippen molar-refractivity contribution in [3.63, 3.8) is 0 Å². The molecule has 0 saturated carbocycles. The Labute approximate surface area is 177 Å². The summed E-state index contributed by atoms with van der Waals surface area (Å²) in [6.07, 6.45) is -1.18. The number of amides is 1. The summed E-state index contributed by atoms with van der Waals surface area (Å²) in [4.78, 5) is 23.5. The number of aromatic nitrogens is 2. The van der Waals surface area contributed by atoms with Crippen molar-refractivity contribution >= 4 is 16.8 Å². The molecule has 4 rings (SSSR count). The molecule has 0 saturated heterocycles. The normalized spacial score (nSPS) is 11.5. The molecule has 2 heterocycles. The van der Waals surface area contributed by atoms with Gasteiger partial charge in [-0.3, -0.25) is 9.78 Å². The molecular weight excluding hydrogens is 403 g/mol. The zero-order valence-corrected chi connectivity index (χ0v) is 16.6. The fourth-order valence-electron chi connectivity index (χ4n) is 3.35. The van der Waals surface area contributed by atoms with Crippen LogP contribution in [0.1, 0.15) is 21.5 Å². The molecule has 1 amide bonds. The van der Waals surface area contributed by atoms with Crippen molar-refractivity contribution in [3.05, 3.63) is 95.8 Å². The average Bonchev–Trinajstić information content (AvgIpc) is 2.78. The van der Waals surface area contributed by atoms with Gasteiger partial charge in [0.15, 0.2) is 0 Å². The molecule has 0 aliphatic heterocycles. The van der Waals surface area contributed by atoms with Gasteiger partial charge in [0.1, 0.15) is 0 Å². The number of benzene rings is 2. The van der Waals surface area contributed by atoms with Crippen LogP contribution >= 0.6 is 0 Å². The lowest BCUT2D eigenvalue weighted by atomic mass is 10.0. The van der Waals surface area contributed by atoms with Crippen molar-refractivity contribution in [2.75, 3.05) is 7.05 Å². The van der Waals surface area contributed by atoms with E-state index < -0.39 is 11.7 Å². The molecule has 2 aromatic heterocycles. The third-order valence-corrected chi connectivity index (χ3v) is 4.96. The summed E-state index contributed by atoms with van der Waals surface area (Å²) in [5.41, 5.74) is 2.49. The molecule has 0 fully saturated rings. The molecule has 0 atom stereocenters. The van der Waals surface area contributed by atoms with Crippen LogP contribution in [0, 0.1) is 0 Å². The maximum atomic E-state index is 13.3. The maximum Gasteiger partial charge on any atom is 0.416 e. The minimum absolute atomic E-state index is 0.168. The molecule has 0 unspecified atom stereocenters. The van der Waals surface area contributed by atoms with Crippen molar-refractivity contribution < 1.29 is 18.0 Å². The molecule has 0 N–H and O–H groups in total. The van der Waals surface area contributed by atoms with Gasteiger partial charge >= 0.3 is 6.18 Å². The Morgan fingerprint density at radius 3 is 2.39 bits per heavy atom. The number of nitrogens with zero attached hydrogens (tertiary/aromatic N) is 3. The number of hydrogen-bond donors (Lipinski definition) is 0. The highest BCUT2D eigenvalue weighted by Gasteiger charge is 2.30. The first-order chi connectivity index (χ1) is 14.8. The standard InChI is InChI=1S/C24H18F3N3O/c1-30(15-16-7-9-18(10-8-16)24(25,26)27)23(31)19-13-22(17-5-3-2-4-6-17)29-21-11-12-28-14-20(19)21/h2-14H,15H2,1H3. The number of pyridine rings is 2. The topological polar surface area (TPSA) is 46.1 Å². The van der Waals surface area contributed by atoms with Crippen molar-refractivity contribution in [3.8, 4) is 11.3 Å². The van der Waals surface area contributed by atoms with Crippen LogP contribution in [0.25, 0.3) is 22.2 Å². The average molecular weight is 421 g/mol. The smallest absolute Gasteiger partial charge is 0.337 e. The van der Waals surface area contributed by atoms with E-state index in [2.05, 4.69) is 9.97 Å². The number of carbonyl (C=O) groups is 1. The Hall–Kier alpha value is -3.74. The minimum atomic E-state index is -4.39. The van der Waals surface area contributed by atoms with Gasteiger partial charge in [0.25, 0.3) is 5.91 Å². The van der Waals surface area contributed by atoms with E-state index >= 15 is 0 Å². The number of alkyl halides is 3. The Morgan fingerprint density at radius 1 is 1.00 bits per heavy atom. The molecule has 7 heteroatoms. The van der Waals surface area contributed by atoms with Crippen molar-refractivity contribution in [1.29, 1.82) is 0 Å². The van der Waals surface area contributed by atoms with E-state index in [-0.39, 0.29) is 12.5 Å². The molecule has 4 aromatic rings. The van der Waals surface area contributed by atoms with Gasteiger partial charge in [-0.05, 0) is 29.8 Å². The number of carbonyl (C=O) groups excluding carboxylic acids is 1. The lowest BCUT2D eigenvalue weighted by molar-refractivity contribution is -0.137. The number of halogens is 3. The predicted molar refractivity (Wildman–Crippen MR) is 112 cm³/mol. The number of hydrogen-bond acceptors (Lipinski definition) is 3. The minimum Gasteiger partial charge on any atom is -0.337 e. The van der Waals surface area contributed by atoms with Crippen LogP contribution in [0.4, 0.5) is 13.2 Å². The molecule has 31 heavy (non-hydrogen) atoms. The first-order valence-corrected chi connectivity index (χ1v) is 9.55. The third kappa shape index (κ3) is 4.40. The summed E-state index contributed by atoms with van der Waals surface area (Å²) in [5, 5.41) is 0.617. The van der Waals surface area contributed by atoms with Gasteiger partial charge in [-0.25, -0.2) is 4.98 Å². The van der Waals surface area contributed by atoms with Crippen LogP contribution < -0.4 is 0 Å². The Bertz CT molecular complexity index is 1220. The molecule has 0 bridgehead atoms. The van der Waals surface area contributed by atoms with Gasteiger partial charge in [-0.15, -0.1) is 0 Å². The second-order valence-corrected chi connectivity index (χ2v) is 7.17. The highest BCUT2D eigenvalue weighted by atomic mass is 19.4. The van der Waals surface area contributed by atoms with Crippen molar-refractivity contribution in [1.82, 2.24) is 14.9 Å². The molecule has 0 aliphatic rings. The van der Waals surface area contributed by atoms with Gasteiger partial charge in [0, 0.05) is 36.9 Å². The Balaban J connectivity index is 1.66. The van der Waals surface area contributed by atoms with E-state index in [1.165, 1.54) is 17.0 Å².